The van der Waals surface area contributed by atoms with Crippen molar-refractivity contribution in [1.82, 2.24) is 0 Å². The molecule has 0 aromatic heterocycles. The van der Waals surface area contributed by atoms with Gasteiger partial charge in [-0.15, -0.1) is 0 Å². The molecule has 0 aliphatic heterocycles. The fraction of sp³-hybridized carbons (Fsp3) is 0. The SMILES string of the molecule is F[PH+](F)O[PH+](F)F.F[PH+](F)O[PH+](F)F.[C-]#N.[C-]#N.[C-]#N.[C-]#N.[Pt].[Pt]. The molecule has 6 nitrogen and oxygen atoms in total. The minimum atomic E-state index is -4.14. The van der Waals surface area contributed by atoms with Gasteiger partial charge in [0, 0.05) is 84.3 Å². The molecule has 0 saturated carbocycles. The molecule has 0 N–H and O–H groups in total. The zero-order chi connectivity index (χ0) is 19.7. The second kappa shape index (κ2) is 56.6. The van der Waals surface area contributed by atoms with E-state index in [0.717, 1.165) is 0 Å². The Morgan fingerprint density at radius 2 is 0.500 bits per heavy atom. The van der Waals surface area contributed by atoms with Crippen LogP contribution in [0.5, 0.6) is 0 Å². The summed E-state index contributed by atoms with van der Waals surface area (Å²) in [6.07, 6.45) is 0. The van der Waals surface area contributed by atoms with Crippen molar-refractivity contribution in [3.63, 3.8) is 0 Å². The van der Waals surface area contributed by atoms with E-state index in [1.807, 2.05) is 0 Å². The maximum Gasteiger partial charge on any atom is 0.558 e. The molecule has 0 aliphatic rings. The van der Waals surface area contributed by atoms with Crippen LogP contribution in [-0.4, -0.2) is 0 Å². The quantitative estimate of drug-likeness (QED) is 0.197. The van der Waals surface area contributed by atoms with Crippen molar-refractivity contribution in [3.8, 4) is 0 Å². The van der Waals surface area contributed by atoms with Crippen LogP contribution in [-0.2, 0) is 50.8 Å². The van der Waals surface area contributed by atoms with E-state index in [9.17, 15) is 33.6 Å². The fourth-order valence-electron chi connectivity index (χ4n) is 0.117. The third-order valence-electron chi connectivity index (χ3n) is 0.309. The number of hydrogen-bond donors (Lipinski definition) is 0. The minimum Gasteiger partial charge on any atom is -0.512 e. The van der Waals surface area contributed by atoms with E-state index in [1.165, 1.54) is 0 Å². The molecule has 0 amide bonds. The third kappa shape index (κ3) is 145. The van der Waals surface area contributed by atoms with Crippen LogP contribution in [0.25, 0.3) is 0 Å². The van der Waals surface area contributed by atoms with E-state index < -0.39 is 35.1 Å². The van der Waals surface area contributed by atoms with Gasteiger partial charge in [0.05, 0.1) is 0 Å². The molecule has 24 heavy (non-hydrogen) atoms. The first-order chi connectivity index (χ1) is 10.3. The number of halogens is 8. The first-order valence-corrected chi connectivity index (χ1v) is 7.88. The van der Waals surface area contributed by atoms with Crippen molar-refractivity contribution in [2.75, 3.05) is 0 Å². The van der Waals surface area contributed by atoms with Crippen LogP contribution in [0.3, 0.4) is 0 Å². The molecule has 0 heterocycles. The summed E-state index contributed by atoms with van der Waals surface area (Å²) < 4.78 is 91.3. The standard InChI is InChI=1S/4CN.2F4H2OP2.2Pt/c4*1-2;2*1-6(2)5-7(3)4;;/h;;;;2*6-7H;;/q4*-1;2*+2;;. The summed E-state index contributed by atoms with van der Waals surface area (Å²) in [5, 5.41) is 25.0. The van der Waals surface area contributed by atoms with Crippen molar-refractivity contribution in [2.45, 2.75) is 0 Å². The predicted octanol–water partition coefficient (Wildman–Crippen LogP) is 5.98. The molecule has 0 aromatic rings. The van der Waals surface area contributed by atoms with Gasteiger partial charge in [0.1, 0.15) is 0 Å². The first kappa shape index (κ1) is 49.7. The van der Waals surface area contributed by atoms with Crippen molar-refractivity contribution in [2.24, 2.45) is 0 Å². The molecule has 0 spiro atoms. The molecule has 0 aromatic carbocycles. The van der Waals surface area contributed by atoms with Crippen LogP contribution in [0.15, 0.2) is 0 Å². The second-order valence-electron chi connectivity index (χ2n) is 1.11. The minimum absolute atomic E-state index is 0. The first-order valence-electron chi connectivity index (χ1n) is 3.22. The molecule has 148 valence electrons. The van der Waals surface area contributed by atoms with Crippen LogP contribution in [0, 0.1) is 47.3 Å². The molecule has 0 saturated heterocycles. The summed E-state index contributed by atoms with van der Waals surface area (Å²) in [4.78, 5) is 0. The smallest absolute Gasteiger partial charge is 0.512 e. The Labute approximate surface area is 166 Å². The molecule has 0 aliphatic carbocycles. The van der Waals surface area contributed by atoms with Crippen molar-refractivity contribution in [3.05, 3.63) is 26.3 Å². The molecule has 0 bridgehead atoms. The maximum absolute atomic E-state index is 10.7. The molecular weight excluding hydrogens is 802 g/mol. The maximum atomic E-state index is 10.7. The van der Waals surface area contributed by atoms with E-state index in [2.05, 4.69) is 8.62 Å². The molecule has 0 fully saturated rings. The average Bonchev–Trinajstić information content (AvgIpc) is 2.45. The van der Waals surface area contributed by atoms with Gasteiger partial charge in [-0.05, 0) is 0 Å². The largest absolute Gasteiger partial charge is 0.558 e. The Hall–Kier alpha value is 0.417. The molecule has 0 rings (SSSR count). The van der Waals surface area contributed by atoms with Crippen molar-refractivity contribution in [1.29, 1.82) is 21.0 Å². The number of nitrogens with zero attached hydrogens (tertiary/aromatic N) is 4. The second-order valence-corrected chi connectivity index (χ2v) is 4.55. The summed E-state index contributed by atoms with van der Waals surface area (Å²) in [7, 11) is -16.6. The van der Waals surface area contributed by atoms with E-state index in [4.69, 9.17) is 47.3 Å². The molecule has 0 atom stereocenters. The van der Waals surface area contributed by atoms with Gasteiger partial charge in [-0.3, -0.25) is 0 Å². The van der Waals surface area contributed by atoms with Gasteiger partial charge >= 0.3 is 35.1 Å². The molecule has 0 radical (unpaired) electrons. The topological polar surface area (TPSA) is 114 Å². The fourth-order valence-corrected chi connectivity index (χ4v) is 1.05. The zero-order valence-electron chi connectivity index (χ0n) is 10.3. The molecule has 0 unspecified atom stereocenters. The van der Waals surface area contributed by atoms with Gasteiger partial charge in [0.15, 0.2) is 0 Å². The Balaban J connectivity index is -0.0000000237. The van der Waals surface area contributed by atoms with Gasteiger partial charge in [-0.2, -0.15) is 0 Å². The Morgan fingerprint density at radius 1 is 0.417 bits per heavy atom. The monoisotopic (exact) mass is 806 g/mol. The zero-order valence-corrected chi connectivity index (χ0v) is 18.8. The van der Waals surface area contributed by atoms with E-state index >= 15 is 0 Å². The third-order valence-corrected chi connectivity index (χ3v) is 2.78. The van der Waals surface area contributed by atoms with Crippen LogP contribution in [0.4, 0.5) is 33.6 Å². The van der Waals surface area contributed by atoms with Crippen molar-refractivity contribution >= 4 is 35.1 Å². The molecular formula is C4H4F8N4O2P4Pt2. The van der Waals surface area contributed by atoms with Crippen molar-refractivity contribution < 1.29 is 84.3 Å². The van der Waals surface area contributed by atoms with Crippen LogP contribution < -0.4 is 0 Å². The van der Waals surface area contributed by atoms with Gasteiger partial charge < -0.3 is 47.3 Å². The summed E-state index contributed by atoms with van der Waals surface area (Å²) in [6.45, 7) is 19.0. The van der Waals surface area contributed by atoms with Gasteiger partial charge in [-0.25, -0.2) is 0 Å². The average molecular weight is 806 g/mol. The van der Waals surface area contributed by atoms with Gasteiger partial charge in [-0.1, -0.05) is 0 Å². The molecule has 20 heteroatoms. The number of hydrogen-bond acceptors (Lipinski definition) is 6. The van der Waals surface area contributed by atoms with E-state index in [-0.39, 0.29) is 42.1 Å². The Bertz CT molecular complexity index is 225. The van der Waals surface area contributed by atoms with E-state index in [1.54, 1.807) is 0 Å². The van der Waals surface area contributed by atoms with Gasteiger partial charge in [0.25, 0.3) is 0 Å². The predicted molar refractivity (Wildman–Crippen MR) is 64.2 cm³/mol. The summed E-state index contributed by atoms with van der Waals surface area (Å²) in [6, 6.07) is 0. The summed E-state index contributed by atoms with van der Waals surface area (Å²) >= 11 is 0. The van der Waals surface area contributed by atoms with Gasteiger partial charge in [0.2, 0.25) is 0 Å². The van der Waals surface area contributed by atoms with Crippen LogP contribution in [0.1, 0.15) is 0 Å². The van der Waals surface area contributed by atoms with Crippen LogP contribution >= 0.6 is 35.1 Å². The Morgan fingerprint density at radius 3 is 0.500 bits per heavy atom. The summed E-state index contributed by atoms with van der Waals surface area (Å²) in [5.41, 5.74) is 0. The Kier molecular flexibility index (Phi) is 117. The van der Waals surface area contributed by atoms with E-state index in [0.29, 0.717) is 0 Å². The normalized spacial score (nSPS) is 6.83. The summed E-state index contributed by atoms with van der Waals surface area (Å²) in [5.74, 6) is 0. The van der Waals surface area contributed by atoms with Crippen LogP contribution in [0.2, 0.25) is 0 Å². The number of rotatable bonds is 4.